The number of amides is 1. The lowest BCUT2D eigenvalue weighted by Gasteiger charge is -2.30. The van der Waals surface area contributed by atoms with Gasteiger partial charge < -0.3 is 5.32 Å². The maximum atomic E-state index is 12.9. The fraction of sp³-hybridized carbons (Fsp3) is 0.381. The molecule has 0 spiro atoms. The molecule has 0 unspecified atom stereocenters. The quantitative estimate of drug-likeness (QED) is 0.700. The molecule has 2 rings (SSSR count). The van der Waals surface area contributed by atoms with E-state index in [9.17, 15) is 26.4 Å². The monoisotopic (exact) mass is 442 g/mol. The average molecular weight is 443 g/mol. The number of anilines is 1. The molecule has 2 aromatic rings. The van der Waals surface area contributed by atoms with Crippen LogP contribution in [0.2, 0.25) is 0 Å². The van der Waals surface area contributed by atoms with E-state index in [1.165, 1.54) is 12.1 Å². The molecule has 30 heavy (non-hydrogen) atoms. The van der Waals surface area contributed by atoms with Crippen molar-refractivity contribution in [3.63, 3.8) is 0 Å². The van der Waals surface area contributed by atoms with Crippen LogP contribution >= 0.6 is 0 Å². The number of hydrogen-bond acceptors (Lipinski definition) is 3. The van der Waals surface area contributed by atoms with Crippen molar-refractivity contribution in [3.05, 3.63) is 64.7 Å². The first-order valence-corrected chi connectivity index (χ1v) is 11.2. The second kappa shape index (κ2) is 9.07. The number of carbonyl (C=O) groups excluding carboxylic acids is 1. The Morgan fingerprint density at radius 2 is 1.77 bits per heavy atom. The number of nitrogens with zero attached hydrogens (tertiary/aromatic N) is 1. The first-order valence-electron chi connectivity index (χ1n) is 9.35. The van der Waals surface area contributed by atoms with Gasteiger partial charge in [0.2, 0.25) is 15.9 Å². The van der Waals surface area contributed by atoms with Crippen molar-refractivity contribution in [3.8, 4) is 0 Å². The second-order valence-electron chi connectivity index (χ2n) is 7.17. The number of sulfonamides is 1. The predicted octanol–water partition coefficient (Wildman–Crippen LogP) is 4.18. The van der Waals surface area contributed by atoms with Gasteiger partial charge in [-0.3, -0.25) is 9.10 Å². The van der Waals surface area contributed by atoms with Crippen molar-refractivity contribution < 1.29 is 26.4 Å². The molecule has 0 aliphatic carbocycles. The summed E-state index contributed by atoms with van der Waals surface area (Å²) in [5, 5.41) is 2.56. The van der Waals surface area contributed by atoms with Gasteiger partial charge in [0.25, 0.3) is 0 Å². The van der Waals surface area contributed by atoms with Crippen LogP contribution in [0.5, 0.6) is 0 Å². The van der Waals surface area contributed by atoms with Crippen molar-refractivity contribution in [1.29, 1.82) is 0 Å². The van der Waals surface area contributed by atoms with Crippen molar-refractivity contribution in [2.45, 2.75) is 46.0 Å². The summed E-state index contributed by atoms with van der Waals surface area (Å²) < 4.78 is 64.6. The third-order valence-electron chi connectivity index (χ3n) is 4.80. The Morgan fingerprint density at radius 1 is 1.10 bits per heavy atom. The molecule has 0 radical (unpaired) electrons. The number of benzene rings is 2. The molecule has 5 nitrogen and oxygen atoms in total. The van der Waals surface area contributed by atoms with Gasteiger partial charge in [0.05, 0.1) is 17.5 Å². The Kier molecular flexibility index (Phi) is 7.18. The number of halogens is 3. The van der Waals surface area contributed by atoms with Gasteiger partial charge in [0.1, 0.15) is 6.04 Å². The molecular formula is C21H25F3N2O3S. The molecule has 9 heteroatoms. The van der Waals surface area contributed by atoms with E-state index in [4.69, 9.17) is 0 Å². The van der Waals surface area contributed by atoms with Gasteiger partial charge in [-0.05, 0) is 61.2 Å². The molecule has 2 aromatic carbocycles. The van der Waals surface area contributed by atoms with Gasteiger partial charge in [-0.15, -0.1) is 0 Å². The van der Waals surface area contributed by atoms with E-state index in [1.54, 1.807) is 25.1 Å². The standard InChI is InChI=1S/C21H25F3N2O3S/c1-5-19(26(30(4,28)29)18-10-9-14(2)15(3)11-18)20(27)25-13-16-7-6-8-17(12-16)21(22,23)24/h6-12,19H,5,13H2,1-4H3,(H,25,27)/t19-/m1/s1. The Balaban J connectivity index is 2.27. The van der Waals surface area contributed by atoms with E-state index in [0.717, 1.165) is 33.8 Å². The zero-order valence-corrected chi connectivity index (χ0v) is 18.1. The van der Waals surface area contributed by atoms with Crippen molar-refractivity contribution >= 4 is 21.6 Å². The lowest BCUT2D eigenvalue weighted by Crippen LogP contribution is -2.49. The number of hydrogen-bond donors (Lipinski definition) is 1. The van der Waals surface area contributed by atoms with Crippen LogP contribution in [-0.2, 0) is 27.5 Å². The topological polar surface area (TPSA) is 66.5 Å². The summed E-state index contributed by atoms with van der Waals surface area (Å²) in [5.74, 6) is -0.585. The molecule has 0 aliphatic heterocycles. The minimum atomic E-state index is -4.48. The van der Waals surface area contributed by atoms with Gasteiger partial charge in [-0.2, -0.15) is 13.2 Å². The summed E-state index contributed by atoms with van der Waals surface area (Å²) in [7, 11) is -3.79. The fourth-order valence-corrected chi connectivity index (χ4v) is 4.29. The van der Waals surface area contributed by atoms with E-state index >= 15 is 0 Å². The van der Waals surface area contributed by atoms with Gasteiger partial charge in [0, 0.05) is 6.54 Å². The van der Waals surface area contributed by atoms with Crippen LogP contribution in [0.1, 0.15) is 35.6 Å². The lowest BCUT2D eigenvalue weighted by atomic mass is 10.1. The molecule has 164 valence electrons. The van der Waals surface area contributed by atoms with Crippen LogP contribution in [0, 0.1) is 13.8 Å². The minimum Gasteiger partial charge on any atom is -0.350 e. The van der Waals surface area contributed by atoms with Crippen molar-refractivity contribution in [1.82, 2.24) is 5.32 Å². The Morgan fingerprint density at radius 3 is 2.30 bits per heavy atom. The highest BCUT2D eigenvalue weighted by Gasteiger charge is 2.32. The molecule has 0 aromatic heterocycles. The van der Waals surface area contributed by atoms with Gasteiger partial charge in [0.15, 0.2) is 0 Å². The number of carbonyl (C=O) groups is 1. The molecular weight excluding hydrogens is 417 g/mol. The first kappa shape index (κ1) is 23.7. The molecule has 0 aliphatic rings. The van der Waals surface area contributed by atoms with E-state index in [-0.39, 0.29) is 18.5 Å². The van der Waals surface area contributed by atoms with Gasteiger partial charge in [-0.1, -0.05) is 25.1 Å². The third kappa shape index (κ3) is 5.75. The second-order valence-corrected chi connectivity index (χ2v) is 9.03. The Labute approximate surface area is 175 Å². The lowest BCUT2D eigenvalue weighted by molar-refractivity contribution is -0.137. The Bertz CT molecular complexity index is 1020. The molecule has 1 N–H and O–H groups in total. The van der Waals surface area contributed by atoms with Crippen LogP contribution in [0.15, 0.2) is 42.5 Å². The third-order valence-corrected chi connectivity index (χ3v) is 5.98. The number of aryl methyl sites for hydroxylation is 2. The summed E-state index contributed by atoms with van der Waals surface area (Å²) >= 11 is 0. The number of nitrogens with one attached hydrogen (secondary N) is 1. The van der Waals surface area contributed by atoms with Crippen LogP contribution in [0.25, 0.3) is 0 Å². The summed E-state index contributed by atoms with van der Waals surface area (Å²) in [4.78, 5) is 12.8. The van der Waals surface area contributed by atoms with Crippen molar-refractivity contribution in [2.24, 2.45) is 0 Å². The highest BCUT2D eigenvalue weighted by molar-refractivity contribution is 7.92. The molecule has 0 fully saturated rings. The maximum Gasteiger partial charge on any atom is 0.416 e. The largest absolute Gasteiger partial charge is 0.416 e. The summed E-state index contributed by atoms with van der Waals surface area (Å²) in [6.45, 7) is 5.26. The summed E-state index contributed by atoms with van der Waals surface area (Å²) in [5.41, 5.74) is 1.68. The molecule has 0 bridgehead atoms. The molecule has 0 saturated carbocycles. The van der Waals surface area contributed by atoms with Crippen LogP contribution in [0.3, 0.4) is 0 Å². The fourth-order valence-electron chi connectivity index (χ4n) is 3.09. The minimum absolute atomic E-state index is 0.149. The summed E-state index contributed by atoms with van der Waals surface area (Å²) in [6, 6.07) is 8.70. The molecule has 1 atom stereocenters. The number of rotatable bonds is 7. The number of alkyl halides is 3. The van der Waals surface area contributed by atoms with Crippen LogP contribution in [0.4, 0.5) is 18.9 Å². The SMILES string of the molecule is CC[C@H](C(=O)NCc1cccc(C(F)(F)F)c1)N(c1ccc(C)c(C)c1)S(C)(=O)=O. The van der Waals surface area contributed by atoms with E-state index in [2.05, 4.69) is 5.32 Å². The Hall–Kier alpha value is -2.55. The zero-order valence-electron chi connectivity index (χ0n) is 17.2. The van der Waals surface area contributed by atoms with Crippen LogP contribution < -0.4 is 9.62 Å². The zero-order chi connectivity index (χ0) is 22.7. The van der Waals surface area contributed by atoms with E-state index in [0.29, 0.717) is 5.69 Å². The van der Waals surface area contributed by atoms with Gasteiger partial charge in [-0.25, -0.2) is 8.42 Å². The van der Waals surface area contributed by atoms with Crippen LogP contribution in [-0.4, -0.2) is 26.6 Å². The van der Waals surface area contributed by atoms with Gasteiger partial charge >= 0.3 is 6.18 Å². The van der Waals surface area contributed by atoms with Crippen molar-refractivity contribution in [2.75, 3.05) is 10.6 Å². The van der Waals surface area contributed by atoms with E-state index < -0.39 is 33.7 Å². The highest BCUT2D eigenvalue weighted by Crippen LogP contribution is 2.29. The normalized spacial score (nSPS) is 13.0. The molecule has 0 heterocycles. The maximum absolute atomic E-state index is 12.9. The highest BCUT2D eigenvalue weighted by atomic mass is 32.2. The summed E-state index contributed by atoms with van der Waals surface area (Å²) in [6.07, 6.45) is -3.28. The molecule has 1 amide bonds. The average Bonchev–Trinajstić information content (AvgIpc) is 2.65. The first-order chi connectivity index (χ1) is 13.8. The predicted molar refractivity (Wildman–Crippen MR) is 111 cm³/mol. The van der Waals surface area contributed by atoms with E-state index in [1.807, 2.05) is 13.8 Å². The smallest absolute Gasteiger partial charge is 0.350 e. The molecule has 0 saturated heterocycles.